The second kappa shape index (κ2) is 5.49. The molecule has 3 heterocycles. The predicted octanol–water partition coefficient (Wildman–Crippen LogP) is 5.84. The van der Waals surface area contributed by atoms with Crippen molar-refractivity contribution in [2.75, 3.05) is 16.8 Å². The second-order valence-corrected chi connectivity index (χ2v) is 7.39. The number of aryl methyl sites for hydroxylation is 3. The maximum atomic E-state index is 8.29. The highest BCUT2D eigenvalue weighted by Gasteiger charge is 2.36. The zero-order valence-corrected chi connectivity index (χ0v) is 15.9. The van der Waals surface area contributed by atoms with Crippen molar-refractivity contribution in [1.29, 1.82) is 0 Å². The highest BCUT2D eigenvalue weighted by atomic mass is 16.3. The van der Waals surface area contributed by atoms with Crippen LogP contribution in [0.15, 0.2) is 47.0 Å². The van der Waals surface area contributed by atoms with E-state index in [0.717, 1.165) is 38.7 Å². The summed E-state index contributed by atoms with van der Waals surface area (Å²) in [5, 5.41) is 1.71. The molecule has 0 N–H and O–H groups in total. The number of nitrogens with zero attached hydrogens (tertiary/aromatic N) is 3. The SMILES string of the molecule is [2H]C([2H])([2H])N1c2c(ncc3oc4c(C)cccc4c23)N(c2cc(C)ccc2C)[C@H]1C. The number of anilines is 3. The highest BCUT2D eigenvalue weighted by molar-refractivity contribution is 6.15. The molecular weight excluding hydrogens is 334 g/mol. The third-order valence-electron chi connectivity index (χ3n) is 5.53. The summed E-state index contributed by atoms with van der Waals surface area (Å²) in [6, 6.07) is 12.2. The molecule has 0 fully saturated rings. The molecule has 0 unspecified atom stereocenters. The number of furan rings is 1. The predicted molar refractivity (Wildman–Crippen MR) is 112 cm³/mol. The number of pyridine rings is 1. The van der Waals surface area contributed by atoms with Gasteiger partial charge in [-0.1, -0.05) is 30.3 Å². The molecule has 0 amide bonds. The molecule has 4 heteroatoms. The standard InChI is InChI=1S/C23H23N3O/c1-13-9-10-14(2)18(11-13)26-16(4)25(5)21-20-17-8-6-7-15(3)22(17)27-19(20)12-24-23(21)26/h6-12,16H,1-5H3/t16-/m0/s1/i5D3. The van der Waals surface area contributed by atoms with Gasteiger partial charge < -0.3 is 14.2 Å². The lowest BCUT2D eigenvalue weighted by molar-refractivity contribution is 0.664. The van der Waals surface area contributed by atoms with Gasteiger partial charge in [0.15, 0.2) is 11.4 Å². The molecule has 1 aliphatic heterocycles. The average molecular weight is 360 g/mol. The van der Waals surface area contributed by atoms with E-state index in [1.54, 1.807) is 6.20 Å². The van der Waals surface area contributed by atoms with Crippen LogP contribution in [-0.2, 0) is 0 Å². The topological polar surface area (TPSA) is 32.5 Å². The molecule has 0 spiro atoms. The van der Waals surface area contributed by atoms with Crippen molar-refractivity contribution in [3.8, 4) is 0 Å². The maximum absolute atomic E-state index is 8.29. The Bertz CT molecular complexity index is 1310. The summed E-state index contributed by atoms with van der Waals surface area (Å²) in [5.41, 5.74) is 6.13. The Balaban J connectivity index is 1.89. The van der Waals surface area contributed by atoms with Gasteiger partial charge in [0, 0.05) is 22.2 Å². The fraction of sp³-hybridized carbons (Fsp3) is 0.261. The first kappa shape index (κ1) is 13.2. The molecule has 0 radical (unpaired) electrons. The van der Waals surface area contributed by atoms with Gasteiger partial charge >= 0.3 is 0 Å². The Hall–Kier alpha value is -3.01. The molecule has 1 aliphatic rings. The molecule has 2 aromatic heterocycles. The average Bonchev–Trinajstić information content (AvgIpc) is 3.19. The zero-order chi connectivity index (χ0) is 21.4. The van der Waals surface area contributed by atoms with Gasteiger partial charge in [0.05, 0.1) is 17.3 Å². The van der Waals surface area contributed by atoms with E-state index in [9.17, 15) is 0 Å². The quantitative estimate of drug-likeness (QED) is 0.427. The number of hydrogen-bond donors (Lipinski definition) is 0. The zero-order valence-electron chi connectivity index (χ0n) is 18.9. The van der Waals surface area contributed by atoms with Crippen LogP contribution in [0.1, 0.15) is 27.7 Å². The van der Waals surface area contributed by atoms with Crippen LogP contribution in [-0.4, -0.2) is 18.1 Å². The fourth-order valence-corrected chi connectivity index (χ4v) is 4.08. The Morgan fingerprint density at radius 2 is 1.96 bits per heavy atom. The number of rotatable bonds is 1. The van der Waals surface area contributed by atoms with Crippen LogP contribution in [0.2, 0.25) is 0 Å². The minimum Gasteiger partial charge on any atom is -0.454 e. The molecule has 0 saturated carbocycles. The molecule has 4 aromatic rings. The van der Waals surface area contributed by atoms with Crippen molar-refractivity contribution < 1.29 is 8.53 Å². The highest BCUT2D eigenvalue weighted by Crippen LogP contribution is 2.49. The summed E-state index contributed by atoms with van der Waals surface area (Å²) in [4.78, 5) is 8.22. The summed E-state index contributed by atoms with van der Waals surface area (Å²) in [5.74, 6) is 0.643. The molecule has 136 valence electrons. The van der Waals surface area contributed by atoms with Crippen LogP contribution in [0.4, 0.5) is 17.2 Å². The van der Waals surface area contributed by atoms with Crippen LogP contribution in [0.3, 0.4) is 0 Å². The number of benzene rings is 2. The smallest absolute Gasteiger partial charge is 0.159 e. The molecule has 5 rings (SSSR count). The Morgan fingerprint density at radius 1 is 1.11 bits per heavy atom. The van der Waals surface area contributed by atoms with E-state index in [2.05, 4.69) is 18.2 Å². The summed E-state index contributed by atoms with van der Waals surface area (Å²) in [7, 11) is 0. The van der Waals surface area contributed by atoms with Crippen molar-refractivity contribution in [3.05, 3.63) is 59.3 Å². The van der Waals surface area contributed by atoms with Gasteiger partial charge in [0.2, 0.25) is 0 Å². The van der Waals surface area contributed by atoms with E-state index in [4.69, 9.17) is 13.5 Å². The monoisotopic (exact) mass is 360 g/mol. The van der Waals surface area contributed by atoms with Gasteiger partial charge in [-0.25, -0.2) is 4.98 Å². The summed E-state index contributed by atoms with van der Waals surface area (Å²) < 4.78 is 31.0. The van der Waals surface area contributed by atoms with Gasteiger partial charge in [0.1, 0.15) is 11.7 Å². The third-order valence-corrected chi connectivity index (χ3v) is 5.53. The normalized spacial score (nSPS) is 18.7. The summed E-state index contributed by atoms with van der Waals surface area (Å²) in [6.07, 6.45) is 1.28. The second-order valence-electron chi connectivity index (χ2n) is 7.39. The molecule has 0 saturated heterocycles. The number of para-hydroxylation sites is 1. The molecule has 1 atom stereocenters. The van der Waals surface area contributed by atoms with Crippen molar-refractivity contribution in [1.82, 2.24) is 4.98 Å². The summed E-state index contributed by atoms with van der Waals surface area (Å²) >= 11 is 0. The van der Waals surface area contributed by atoms with E-state index >= 15 is 0 Å². The molecule has 0 aliphatic carbocycles. The van der Waals surface area contributed by atoms with Crippen molar-refractivity contribution in [2.45, 2.75) is 33.9 Å². The Kier molecular flexibility index (Phi) is 2.69. The van der Waals surface area contributed by atoms with Crippen molar-refractivity contribution in [3.63, 3.8) is 0 Å². The van der Waals surface area contributed by atoms with E-state index < -0.39 is 13.1 Å². The van der Waals surface area contributed by atoms with E-state index in [1.807, 2.05) is 50.8 Å². The van der Waals surface area contributed by atoms with Crippen LogP contribution >= 0.6 is 0 Å². The van der Waals surface area contributed by atoms with Crippen LogP contribution in [0, 0.1) is 20.8 Å². The van der Waals surface area contributed by atoms with Gasteiger partial charge in [-0.05, 0) is 50.5 Å². The largest absolute Gasteiger partial charge is 0.454 e. The first-order chi connectivity index (χ1) is 14.2. The van der Waals surface area contributed by atoms with Gasteiger partial charge in [-0.15, -0.1) is 0 Å². The van der Waals surface area contributed by atoms with Gasteiger partial charge in [-0.2, -0.15) is 0 Å². The van der Waals surface area contributed by atoms with Gasteiger partial charge in [0.25, 0.3) is 0 Å². The minimum absolute atomic E-state index is 0.430. The molecule has 0 bridgehead atoms. The van der Waals surface area contributed by atoms with Crippen LogP contribution in [0.25, 0.3) is 21.9 Å². The van der Waals surface area contributed by atoms with Crippen LogP contribution < -0.4 is 9.80 Å². The summed E-state index contributed by atoms with van der Waals surface area (Å²) in [6.45, 7) is 5.65. The molecule has 27 heavy (non-hydrogen) atoms. The lowest BCUT2D eigenvalue weighted by atomic mass is 10.1. The molecule has 4 nitrogen and oxygen atoms in total. The number of fused-ring (bicyclic) bond motifs is 5. The Labute approximate surface area is 163 Å². The van der Waals surface area contributed by atoms with E-state index in [-0.39, 0.29) is 0 Å². The van der Waals surface area contributed by atoms with Crippen molar-refractivity contribution in [2.24, 2.45) is 0 Å². The first-order valence-corrected chi connectivity index (χ1v) is 9.15. The van der Waals surface area contributed by atoms with E-state index in [0.29, 0.717) is 17.1 Å². The first-order valence-electron chi connectivity index (χ1n) is 10.6. The van der Waals surface area contributed by atoms with Crippen LogP contribution in [0.5, 0.6) is 0 Å². The number of aromatic nitrogens is 1. The molecular formula is C23H23N3O. The fourth-order valence-electron chi connectivity index (χ4n) is 4.08. The molecule has 2 aromatic carbocycles. The lowest BCUT2D eigenvalue weighted by Gasteiger charge is -2.28. The maximum Gasteiger partial charge on any atom is 0.159 e. The minimum atomic E-state index is -2.33. The van der Waals surface area contributed by atoms with Gasteiger partial charge in [-0.3, -0.25) is 0 Å². The van der Waals surface area contributed by atoms with E-state index in [1.165, 1.54) is 4.90 Å². The Morgan fingerprint density at radius 3 is 2.78 bits per heavy atom. The van der Waals surface area contributed by atoms with Crippen molar-refractivity contribution >= 4 is 39.1 Å². The lowest BCUT2D eigenvalue weighted by Crippen LogP contribution is -2.36. The number of hydrogen-bond acceptors (Lipinski definition) is 4. The third kappa shape index (κ3) is 2.13.